The SMILES string of the molecule is N#Cc1cc(-n2c3ccccc3c3c(-n4c5ccccc5c5ccccc54)cccc32)ccc1-c1ccccc1-n1c2ccccc2c2cccc(C#N)c21. The number of nitriles is 2. The Labute approximate surface area is 316 Å². The highest BCUT2D eigenvalue weighted by Gasteiger charge is 2.22. The first-order chi connectivity index (χ1) is 27.2. The molecule has 0 radical (unpaired) electrons. The number of hydrogen-bond acceptors (Lipinski definition) is 2. The molecule has 3 heterocycles. The van der Waals surface area contributed by atoms with Gasteiger partial charge >= 0.3 is 0 Å². The Morgan fingerprint density at radius 3 is 1.55 bits per heavy atom. The van der Waals surface area contributed by atoms with E-state index in [9.17, 15) is 10.5 Å². The number of benzene rings is 8. The molecule has 0 aliphatic heterocycles. The number of rotatable bonds is 4. The smallest absolute Gasteiger partial charge is 0.101 e. The zero-order valence-electron chi connectivity index (χ0n) is 29.5. The molecule has 3 aromatic heterocycles. The van der Waals surface area contributed by atoms with Gasteiger partial charge in [-0.3, -0.25) is 0 Å². The molecule has 0 atom stereocenters. The van der Waals surface area contributed by atoms with E-state index in [2.05, 4.69) is 159 Å². The van der Waals surface area contributed by atoms with Crippen molar-refractivity contribution in [2.45, 2.75) is 0 Å². The van der Waals surface area contributed by atoms with Crippen molar-refractivity contribution in [3.05, 3.63) is 187 Å². The molecule has 0 saturated carbocycles. The molecule has 254 valence electrons. The Kier molecular flexibility index (Phi) is 6.61. The van der Waals surface area contributed by atoms with Crippen LogP contribution in [0.4, 0.5) is 0 Å². The van der Waals surface area contributed by atoms with Gasteiger partial charge in [-0.05, 0) is 60.7 Å². The number of aromatic nitrogens is 3. The number of nitrogens with zero attached hydrogens (tertiary/aromatic N) is 5. The van der Waals surface area contributed by atoms with E-state index in [0.29, 0.717) is 11.1 Å². The second-order valence-corrected chi connectivity index (χ2v) is 13.9. The van der Waals surface area contributed by atoms with Crippen LogP contribution in [-0.4, -0.2) is 13.7 Å². The summed E-state index contributed by atoms with van der Waals surface area (Å²) in [6.07, 6.45) is 0. The van der Waals surface area contributed by atoms with Crippen LogP contribution in [0.5, 0.6) is 0 Å². The predicted octanol–water partition coefficient (Wildman–Crippen LogP) is 12.4. The fourth-order valence-electron chi connectivity index (χ4n) is 8.90. The molecule has 0 aliphatic carbocycles. The molecule has 0 fully saturated rings. The Bertz CT molecular complexity index is 3420. The molecule has 5 heteroatoms. The van der Waals surface area contributed by atoms with E-state index in [1.165, 1.54) is 10.8 Å². The monoisotopic (exact) mass is 699 g/mol. The third kappa shape index (κ3) is 4.33. The number of hydrogen-bond donors (Lipinski definition) is 0. The molecule has 0 spiro atoms. The first kappa shape index (κ1) is 30.7. The third-order valence-electron chi connectivity index (χ3n) is 11.1. The van der Waals surface area contributed by atoms with Crippen LogP contribution in [0.25, 0.3) is 93.6 Å². The standard InChI is InChI=1S/C50H29N5/c51-30-32-13-11-19-40-39-17-4-9-23-45(39)55(50(32)40)44-22-8-1-14-36(44)35-28-27-34(29-33(35)31-52)53-46-24-10-5-18-41(46)49-47(53)25-12-26-48(49)54-42-20-6-2-15-37(42)38-16-3-7-21-43(38)54/h1-29H. The molecule has 0 saturated heterocycles. The third-order valence-corrected chi connectivity index (χ3v) is 11.1. The lowest BCUT2D eigenvalue weighted by Crippen LogP contribution is -2.01. The van der Waals surface area contributed by atoms with Gasteiger partial charge in [-0.15, -0.1) is 0 Å². The maximum Gasteiger partial charge on any atom is 0.101 e. The summed E-state index contributed by atoms with van der Waals surface area (Å²) >= 11 is 0. The fourth-order valence-corrected chi connectivity index (χ4v) is 8.90. The average Bonchev–Trinajstić information content (AvgIpc) is 3.89. The van der Waals surface area contributed by atoms with Crippen molar-refractivity contribution in [1.29, 1.82) is 10.5 Å². The minimum absolute atomic E-state index is 0.565. The molecule has 8 aromatic carbocycles. The minimum atomic E-state index is 0.565. The Morgan fingerprint density at radius 2 is 0.855 bits per heavy atom. The number of fused-ring (bicyclic) bond motifs is 9. The molecular weight excluding hydrogens is 671 g/mol. The van der Waals surface area contributed by atoms with Gasteiger partial charge in [0.1, 0.15) is 6.07 Å². The molecule has 11 rings (SSSR count). The second-order valence-electron chi connectivity index (χ2n) is 13.9. The Balaban J connectivity index is 1.15. The average molecular weight is 700 g/mol. The van der Waals surface area contributed by atoms with Gasteiger partial charge in [-0.1, -0.05) is 115 Å². The van der Waals surface area contributed by atoms with Gasteiger partial charge in [0.05, 0.1) is 61.7 Å². The van der Waals surface area contributed by atoms with Crippen LogP contribution in [0.2, 0.25) is 0 Å². The highest BCUT2D eigenvalue weighted by Crippen LogP contribution is 2.42. The zero-order chi connectivity index (χ0) is 36.6. The van der Waals surface area contributed by atoms with E-state index in [4.69, 9.17) is 0 Å². The van der Waals surface area contributed by atoms with E-state index >= 15 is 0 Å². The van der Waals surface area contributed by atoms with Crippen LogP contribution in [0.1, 0.15) is 11.1 Å². The van der Waals surface area contributed by atoms with Crippen LogP contribution < -0.4 is 0 Å². The highest BCUT2D eigenvalue weighted by atomic mass is 15.0. The lowest BCUT2D eigenvalue weighted by Gasteiger charge is -2.16. The van der Waals surface area contributed by atoms with Gasteiger partial charge in [-0.2, -0.15) is 10.5 Å². The summed E-state index contributed by atoms with van der Waals surface area (Å²) in [4.78, 5) is 0. The van der Waals surface area contributed by atoms with E-state index in [-0.39, 0.29) is 0 Å². The molecule has 0 bridgehead atoms. The Hall–Kier alpha value is -7.86. The van der Waals surface area contributed by atoms with E-state index in [1.54, 1.807) is 0 Å². The summed E-state index contributed by atoms with van der Waals surface area (Å²) in [5.74, 6) is 0. The number of para-hydroxylation sites is 6. The first-order valence-corrected chi connectivity index (χ1v) is 18.3. The van der Waals surface area contributed by atoms with Gasteiger partial charge in [0.2, 0.25) is 0 Å². The van der Waals surface area contributed by atoms with Crippen molar-refractivity contribution in [3.8, 4) is 40.3 Å². The highest BCUT2D eigenvalue weighted by molar-refractivity contribution is 6.16. The first-order valence-electron chi connectivity index (χ1n) is 18.3. The molecule has 0 unspecified atom stereocenters. The van der Waals surface area contributed by atoms with Gasteiger partial charge < -0.3 is 13.7 Å². The lowest BCUT2D eigenvalue weighted by molar-refractivity contribution is 1.16. The summed E-state index contributed by atoms with van der Waals surface area (Å²) in [5.41, 5.74) is 12.2. The van der Waals surface area contributed by atoms with Crippen molar-refractivity contribution in [2.24, 2.45) is 0 Å². The topological polar surface area (TPSA) is 62.4 Å². The van der Waals surface area contributed by atoms with Crippen LogP contribution in [-0.2, 0) is 0 Å². The maximum atomic E-state index is 10.8. The quantitative estimate of drug-likeness (QED) is 0.184. The Morgan fingerprint density at radius 1 is 0.345 bits per heavy atom. The van der Waals surface area contributed by atoms with Crippen molar-refractivity contribution in [3.63, 3.8) is 0 Å². The van der Waals surface area contributed by atoms with Crippen molar-refractivity contribution >= 4 is 65.4 Å². The minimum Gasteiger partial charge on any atom is -0.309 e. The largest absolute Gasteiger partial charge is 0.309 e. The molecule has 11 aromatic rings. The lowest BCUT2D eigenvalue weighted by atomic mass is 9.97. The van der Waals surface area contributed by atoms with Gasteiger partial charge in [-0.25, -0.2) is 0 Å². The predicted molar refractivity (Wildman–Crippen MR) is 224 cm³/mol. The van der Waals surface area contributed by atoms with Gasteiger partial charge in [0.15, 0.2) is 0 Å². The molecule has 55 heavy (non-hydrogen) atoms. The molecule has 0 amide bonds. The van der Waals surface area contributed by atoms with Crippen LogP contribution >= 0.6 is 0 Å². The van der Waals surface area contributed by atoms with Gasteiger partial charge in [0.25, 0.3) is 0 Å². The van der Waals surface area contributed by atoms with E-state index in [0.717, 1.165) is 82.8 Å². The molecule has 5 nitrogen and oxygen atoms in total. The summed E-state index contributed by atoms with van der Waals surface area (Å²) in [5, 5.41) is 27.9. The van der Waals surface area contributed by atoms with Crippen molar-refractivity contribution in [1.82, 2.24) is 13.7 Å². The van der Waals surface area contributed by atoms with Crippen molar-refractivity contribution < 1.29 is 0 Å². The normalized spacial score (nSPS) is 11.6. The maximum absolute atomic E-state index is 10.8. The molecule has 0 aliphatic rings. The van der Waals surface area contributed by atoms with Crippen LogP contribution in [0.15, 0.2) is 176 Å². The van der Waals surface area contributed by atoms with Crippen LogP contribution in [0.3, 0.4) is 0 Å². The van der Waals surface area contributed by atoms with Crippen LogP contribution in [0, 0.1) is 22.7 Å². The summed E-state index contributed by atoms with van der Waals surface area (Å²) < 4.78 is 6.85. The second kappa shape index (κ2) is 11.8. The van der Waals surface area contributed by atoms with E-state index in [1.807, 2.05) is 42.5 Å². The van der Waals surface area contributed by atoms with Gasteiger partial charge in [0, 0.05) is 49.1 Å². The molecular formula is C50H29N5. The fraction of sp³-hybridized carbons (Fsp3) is 0. The van der Waals surface area contributed by atoms with Crippen molar-refractivity contribution in [2.75, 3.05) is 0 Å². The summed E-state index contributed by atoms with van der Waals surface area (Å²) in [6, 6.07) is 65.8. The zero-order valence-corrected chi connectivity index (χ0v) is 29.5. The van der Waals surface area contributed by atoms with E-state index < -0.39 is 0 Å². The summed E-state index contributed by atoms with van der Waals surface area (Å²) in [6.45, 7) is 0. The molecule has 0 N–H and O–H groups in total. The summed E-state index contributed by atoms with van der Waals surface area (Å²) in [7, 11) is 0.